The van der Waals surface area contributed by atoms with Gasteiger partial charge in [0.1, 0.15) is 12.4 Å². The number of likely N-dealkylation sites (tertiary alicyclic amines) is 3. The summed E-state index contributed by atoms with van der Waals surface area (Å²) in [5, 5.41) is 13.5. The van der Waals surface area contributed by atoms with Crippen LogP contribution in [0, 0.1) is 13.8 Å². The van der Waals surface area contributed by atoms with Gasteiger partial charge in [-0.1, -0.05) is 44.2 Å². The van der Waals surface area contributed by atoms with Gasteiger partial charge in [-0.25, -0.2) is 9.59 Å². The van der Waals surface area contributed by atoms with Crippen molar-refractivity contribution in [3.63, 3.8) is 0 Å². The number of phenolic OH excluding ortho intramolecular Hbond substituents is 1. The lowest BCUT2D eigenvalue weighted by Gasteiger charge is -2.43. The van der Waals surface area contributed by atoms with Gasteiger partial charge in [0, 0.05) is 89.6 Å². The number of carbonyl (C=O) groups excluding carboxylic acids is 4. The summed E-state index contributed by atoms with van der Waals surface area (Å²) in [5.41, 5.74) is 4.21. The van der Waals surface area contributed by atoms with Gasteiger partial charge in [0.25, 0.3) is 5.91 Å². The van der Waals surface area contributed by atoms with Crippen LogP contribution in [0.1, 0.15) is 74.6 Å². The summed E-state index contributed by atoms with van der Waals surface area (Å²) in [6.45, 7) is 13.4. The van der Waals surface area contributed by atoms with Crippen molar-refractivity contribution in [2.45, 2.75) is 97.2 Å². The molecular weight excluding hydrogens is 751 g/mol. The smallest absolute Gasteiger partial charge is 0.410 e. The van der Waals surface area contributed by atoms with E-state index in [0.29, 0.717) is 75.9 Å². The van der Waals surface area contributed by atoms with Crippen molar-refractivity contribution in [2.24, 2.45) is 0 Å². The van der Waals surface area contributed by atoms with Gasteiger partial charge < -0.3 is 34.6 Å². The molecule has 0 radical (unpaired) electrons. The number of nitrogens with zero attached hydrogens (tertiary/aromatic N) is 6. The standard InChI is InChI=1S/C44H63N7O7.CH4/c1-32-28-34(29-33(2)41(32)53)30-39(58-44(56)50-19-13-37(14-20-50)51-21-10-35-8-4-5-9-38(35)45-43(51)55)42(54)49-17-11-36(12-18-49)48-24-22-47(23-25-48)31-40(52)57-27-26-46-15-6-3-7-16-46;/h4-5,8-9,28-29,36-37,39,53H,3,6-7,10-27,30-31H2,1-2H3,(H,45,55);1H4/t39-;/m1./s1. The second-order valence-electron chi connectivity index (χ2n) is 16.9. The van der Waals surface area contributed by atoms with Crippen LogP contribution in [0.2, 0.25) is 0 Å². The first kappa shape index (κ1) is 44.2. The molecule has 2 aromatic carbocycles. The van der Waals surface area contributed by atoms with Gasteiger partial charge in [-0.2, -0.15) is 0 Å². The molecule has 0 unspecified atom stereocenters. The number of hydrogen-bond donors (Lipinski definition) is 2. The zero-order valence-corrected chi connectivity index (χ0v) is 34.5. The average molecular weight is 818 g/mol. The molecule has 0 saturated carbocycles. The average Bonchev–Trinajstić information content (AvgIpc) is 3.41. The molecule has 59 heavy (non-hydrogen) atoms. The third-order valence-corrected chi connectivity index (χ3v) is 13.0. The highest BCUT2D eigenvalue weighted by atomic mass is 16.6. The molecule has 0 bridgehead atoms. The highest BCUT2D eigenvalue weighted by Gasteiger charge is 2.37. The fourth-order valence-corrected chi connectivity index (χ4v) is 9.49. The largest absolute Gasteiger partial charge is 0.507 e. The molecule has 2 N–H and O–H groups in total. The number of para-hydroxylation sites is 1. The van der Waals surface area contributed by atoms with E-state index >= 15 is 0 Å². The van der Waals surface area contributed by atoms with Crippen molar-refractivity contribution in [1.82, 2.24) is 29.4 Å². The van der Waals surface area contributed by atoms with Crippen LogP contribution in [0.4, 0.5) is 15.3 Å². The summed E-state index contributed by atoms with van der Waals surface area (Å²) in [7, 11) is 0. The maximum atomic E-state index is 14.2. The van der Waals surface area contributed by atoms with Crippen LogP contribution in [0.25, 0.3) is 0 Å². The normalized spacial score (nSPS) is 20.8. The highest BCUT2D eigenvalue weighted by Crippen LogP contribution is 2.28. The summed E-state index contributed by atoms with van der Waals surface area (Å²) < 4.78 is 11.7. The molecular formula is C45H67N7O7. The summed E-state index contributed by atoms with van der Waals surface area (Å²) in [6, 6.07) is 11.8. The van der Waals surface area contributed by atoms with Crippen LogP contribution in [0.15, 0.2) is 36.4 Å². The minimum Gasteiger partial charge on any atom is -0.507 e. The molecule has 324 valence electrons. The molecule has 0 aromatic heterocycles. The second kappa shape index (κ2) is 20.7. The van der Waals surface area contributed by atoms with E-state index < -0.39 is 12.2 Å². The number of hydrogen-bond acceptors (Lipinski definition) is 10. The minimum atomic E-state index is -1.01. The van der Waals surface area contributed by atoms with E-state index in [-0.39, 0.29) is 43.5 Å². The Morgan fingerprint density at radius 1 is 0.797 bits per heavy atom. The number of rotatable bonds is 11. The predicted octanol–water partition coefficient (Wildman–Crippen LogP) is 4.89. The third kappa shape index (κ3) is 11.5. The van der Waals surface area contributed by atoms with Gasteiger partial charge in [0.15, 0.2) is 6.10 Å². The van der Waals surface area contributed by atoms with Crippen molar-refractivity contribution in [3.8, 4) is 5.75 Å². The Kier molecular flexibility index (Phi) is 15.5. The lowest BCUT2D eigenvalue weighted by atomic mass is 9.98. The third-order valence-electron chi connectivity index (χ3n) is 13.0. The van der Waals surface area contributed by atoms with Crippen LogP contribution >= 0.6 is 0 Å². The lowest BCUT2D eigenvalue weighted by Crippen LogP contribution is -2.55. The predicted molar refractivity (Wildman–Crippen MR) is 228 cm³/mol. The monoisotopic (exact) mass is 818 g/mol. The Balaban J connectivity index is 0.00000585. The Labute approximate surface area is 350 Å². The number of aryl methyl sites for hydroxylation is 2. The van der Waals surface area contributed by atoms with Gasteiger partial charge in [-0.3, -0.25) is 24.3 Å². The molecule has 14 nitrogen and oxygen atoms in total. The number of benzene rings is 2. The number of urea groups is 1. The molecule has 2 aromatic rings. The molecule has 5 aliphatic rings. The molecule has 4 amide bonds. The van der Waals surface area contributed by atoms with Gasteiger partial charge >= 0.3 is 18.1 Å². The fourth-order valence-electron chi connectivity index (χ4n) is 9.49. The number of piperidine rings is 3. The van der Waals surface area contributed by atoms with E-state index in [4.69, 9.17) is 9.47 Å². The summed E-state index contributed by atoms with van der Waals surface area (Å²) >= 11 is 0. The SMILES string of the molecule is C.Cc1cc(C[C@@H](OC(=O)N2CCC(N3CCc4ccccc4NC3=O)CC2)C(=O)N2CCC(N3CCN(CC(=O)OCCN4CCCCC4)CC3)CC2)cc(C)c1O. The number of amides is 4. The van der Waals surface area contributed by atoms with E-state index in [1.165, 1.54) is 19.3 Å². The topological polar surface area (TPSA) is 138 Å². The Hall–Kier alpha value is -4.40. The van der Waals surface area contributed by atoms with Crippen molar-refractivity contribution in [2.75, 3.05) is 97.0 Å². The molecule has 14 heteroatoms. The maximum Gasteiger partial charge on any atom is 0.410 e. The van der Waals surface area contributed by atoms with E-state index in [2.05, 4.69) is 20.0 Å². The van der Waals surface area contributed by atoms with E-state index in [0.717, 1.165) is 81.9 Å². The van der Waals surface area contributed by atoms with E-state index in [9.17, 15) is 24.3 Å². The van der Waals surface area contributed by atoms with Gasteiger partial charge in [-0.05, 0) is 100 Å². The highest BCUT2D eigenvalue weighted by molar-refractivity contribution is 5.91. The fraction of sp³-hybridized carbons (Fsp3) is 0.644. The summed E-state index contributed by atoms with van der Waals surface area (Å²) in [5.74, 6) is -0.128. The second-order valence-corrected chi connectivity index (χ2v) is 16.9. The summed E-state index contributed by atoms with van der Waals surface area (Å²) in [4.78, 5) is 66.1. The zero-order valence-electron chi connectivity index (χ0n) is 34.5. The van der Waals surface area contributed by atoms with Crippen molar-refractivity contribution < 1.29 is 33.8 Å². The van der Waals surface area contributed by atoms with Crippen LogP contribution < -0.4 is 5.32 Å². The van der Waals surface area contributed by atoms with Gasteiger partial charge in [0.2, 0.25) is 0 Å². The Morgan fingerprint density at radius 3 is 2.14 bits per heavy atom. The number of fused-ring (bicyclic) bond motifs is 1. The molecule has 4 fully saturated rings. The molecule has 5 aliphatic heterocycles. The summed E-state index contributed by atoms with van der Waals surface area (Å²) in [6.07, 6.45) is 6.09. The quantitative estimate of drug-likeness (QED) is 0.302. The molecule has 1 atom stereocenters. The molecule has 5 heterocycles. The Bertz CT molecular complexity index is 1720. The van der Waals surface area contributed by atoms with Crippen molar-refractivity contribution in [1.29, 1.82) is 0 Å². The first-order valence-electron chi connectivity index (χ1n) is 21.6. The van der Waals surface area contributed by atoms with E-state index in [1.54, 1.807) is 4.90 Å². The molecule has 0 spiro atoms. The number of ether oxygens (including phenoxy) is 2. The number of piperazine rings is 1. The molecule has 7 rings (SSSR count). The minimum absolute atomic E-state index is 0. The number of nitrogens with one attached hydrogen (secondary N) is 1. The van der Waals surface area contributed by atoms with Crippen LogP contribution in [-0.4, -0.2) is 168 Å². The van der Waals surface area contributed by atoms with Gasteiger partial charge in [-0.15, -0.1) is 0 Å². The van der Waals surface area contributed by atoms with Crippen molar-refractivity contribution >= 4 is 29.7 Å². The first-order valence-corrected chi connectivity index (χ1v) is 21.6. The number of carbonyl (C=O) groups is 4. The van der Waals surface area contributed by atoms with Crippen LogP contribution in [0.5, 0.6) is 5.75 Å². The van der Waals surface area contributed by atoms with Crippen LogP contribution in [0.3, 0.4) is 0 Å². The lowest BCUT2D eigenvalue weighted by molar-refractivity contribution is -0.146. The zero-order chi connectivity index (χ0) is 40.6. The number of esters is 1. The van der Waals surface area contributed by atoms with Crippen LogP contribution in [-0.2, 0) is 31.9 Å². The maximum absolute atomic E-state index is 14.2. The van der Waals surface area contributed by atoms with Crippen molar-refractivity contribution in [3.05, 3.63) is 58.7 Å². The Morgan fingerprint density at radius 2 is 1.44 bits per heavy atom. The number of phenols is 1. The van der Waals surface area contributed by atoms with Gasteiger partial charge in [0.05, 0.1) is 6.54 Å². The number of aromatic hydroxyl groups is 1. The number of anilines is 1. The first-order chi connectivity index (χ1) is 28.1. The molecule has 4 saturated heterocycles. The molecule has 0 aliphatic carbocycles. The van der Waals surface area contributed by atoms with E-state index in [1.807, 2.05) is 60.0 Å².